The van der Waals surface area contributed by atoms with Crippen LogP contribution in [0.4, 0.5) is 4.39 Å². The minimum absolute atomic E-state index is 0.191. The van der Waals surface area contributed by atoms with Crippen molar-refractivity contribution in [3.05, 3.63) is 57.9 Å². The Morgan fingerprint density at radius 1 is 1.32 bits per heavy atom. The van der Waals surface area contributed by atoms with Gasteiger partial charge in [-0.25, -0.2) is 4.39 Å². The van der Waals surface area contributed by atoms with Crippen molar-refractivity contribution in [1.82, 2.24) is 0 Å². The maximum absolute atomic E-state index is 14.3. The molecular weight excluding hydrogens is 305 g/mol. The summed E-state index contributed by atoms with van der Waals surface area (Å²) in [5.74, 6) is -1.54. The van der Waals surface area contributed by atoms with Crippen molar-refractivity contribution in [2.75, 3.05) is 0 Å². The molecule has 3 nitrogen and oxygen atoms in total. The topological polar surface area (TPSA) is 63.3 Å². The number of hydrogen-bond acceptors (Lipinski definition) is 2. The van der Waals surface area contributed by atoms with Crippen molar-refractivity contribution >= 4 is 17.6 Å². The van der Waals surface area contributed by atoms with Crippen molar-refractivity contribution in [3.8, 4) is 11.1 Å². The Morgan fingerprint density at radius 3 is 2.59 bits per heavy atom. The van der Waals surface area contributed by atoms with Gasteiger partial charge >= 0.3 is 5.97 Å². The number of benzene rings is 2. The minimum Gasteiger partial charge on any atom is -0.481 e. The second-order valence-electron chi connectivity index (χ2n) is 5.33. The van der Waals surface area contributed by atoms with E-state index in [0.717, 1.165) is 16.7 Å². The molecule has 5 heteroatoms. The molecule has 0 bridgehead atoms. The maximum atomic E-state index is 14.3. The van der Waals surface area contributed by atoms with Crippen LogP contribution in [0.25, 0.3) is 11.1 Å². The molecule has 0 heterocycles. The summed E-state index contributed by atoms with van der Waals surface area (Å²) in [6.07, 6.45) is -0.332. The number of carboxylic acids is 1. The molecule has 0 spiro atoms. The van der Waals surface area contributed by atoms with Crippen molar-refractivity contribution in [2.45, 2.75) is 26.3 Å². The zero-order valence-corrected chi connectivity index (χ0v) is 13.1. The molecule has 2 aromatic rings. The summed E-state index contributed by atoms with van der Waals surface area (Å²) in [5, 5.41) is 9.42. The van der Waals surface area contributed by atoms with E-state index in [1.807, 2.05) is 19.1 Å². The summed E-state index contributed by atoms with van der Waals surface area (Å²) < 4.78 is 14.3. The van der Waals surface area contributed by atoms with Gasteiger partial charge in [-0.1, -0.05) is 23.7 Å². The molecule has 2 aromatic carbocycles. The highest BCUT2D eigenvalue weighted by molar-refractivity contribution is 6.33. The van der Waals surface area contributed by atoms with Crippen LogP contribution in [-0.4, -0.2) is 11.1 Å². The lowest BCUT2D eigenvalue weighted by Gasteiger charge is -2.16. The van der Waals surface area contributed by atoms with Crippen molar-refractivity contribution in [2.24, 2.45) is 5.73 Å². The molecule has 1 atom stereocenters. The van der Waals surface area contributed by atoms with Crippen LogP contribution < -0.4 is 5.73 Å². The van der Waals surface area contributed by atoms with E-state index in [1.54, 1.807) is 25.1 Å². The third-order valence-electron chi connectivity index (χ3n) is 3.59. The number of carbonyl (C=O) groups is 1. The van der Waals surface area contributed by atoms with E-state index >= 15 is 0 Å². The minimum atomic E-state index is -1.07. The van der Waals surface area contributed by atoms with Crippen LogP contribution in [0.5, 0.6) is 0 Å². The monoisotopic (exact) mass is 321 g/mol. The fourth-order valence-electron chi connectivity index (χ4n) is 2.51. The Kier molecular flexibility index (Phi) is 4.84. The molecule has 0 aliphatic rings. The van der Waals surface area contributed by atoms with Gasteiger partial charge in [-0.15, -0.1) is 0 Å². The summed E-state index contributed by atoms with van der Waals surface area (Å²) in [6, 6.07) is 7.90. The van der Waals surface area contributed by atoms with Crippen molar-refractivity contribution < 1.29 is 14.3 Å². The molecule has 0 amide bonds. The van der Waals surface area contributed by atoms with Gasteiger partial charge in [0, 0.05) is 22.2 Å². The fraction of sp³-hybridized carbons (Fsp3) is 0.235. The molecular formula is C17H17ClFNO2. The molecule has 0 saturated heterocycles. The van der Waals surface area contributed by atoms with Crippen LogP contribution in [0.15, 0.2) is 30.3 Å². The number of aliphatic carboxylic acids is 1. The Labute approximate surface area is 133 Å². The summed E-state index contributed by atoms with van der Waals surface area (Å²) in [4.78, 5) is 10.8. The normalized spacial score (nSPS) is 12.2. The summed E-state index contributed by atoms with van der Waals surface area (Å²) in [5.41, 5.74) is 8.93. The number of carboxylic acid groups (broad SMARTS) is 1. The average Bonchev–Trinajstić information content (AvgIpc) is 2.41. The van der Waals surface area contributed by atoms with Gasteiger partial charge < -0.3 is 10.8 Å². The zero-order chi connectivity index (χ0) is 16.4. The molecule has 0 fully saturated rings. The molecule has 22 heavy (non-hydrogen) atoms. The first-order valence-corrected chi connectivity index (χ1v) is 7.22. The Balaban J connectivity index is 2.60. The first kappa shape index (κ1) is 16.5. The first-order chi connectivity index (χ1) is 10.3. The van der Waals surface area contributed by atoms with E-state index in [-0.39, 0.29) is 12.0 Å². The van der Waals surface area contributed by atoms with Crippen LogP contribution >= 0.6 is 11.6 Å². The molecule has 2 rings (SSSR count). The number of rotatable bonds is 4. The molecule has 0 aliphatic heterocycles. The Morgan fingerprint density at radius 2 is 2.00 bits per heavy atom. The standard InChI is InChI=1S/C17H17ClFNO2/c1-9-4-3-5-13(18)16(9)11-6-10(2)17(19)12(7-11)14(20)8-15(21)22/h3-7,14H,8,20H2,1-2H3,(H,21,22). The van der Waals surface area contributed by atoms with Crippen molar-refractivity contribution in [3.63, 3.8) is 0 Å². The van der Waals surface area contributed by atoms with E-state index < -0.39 is 17.8 Å². The van der Waals surface area contributed by atoms with Crippen LogP contribution in [0, 0.1) is 19.7 Å². The third kappa shape index (κ3) is 3.29. The summed E-state index contributed by atoms with van der Waals surface area (Å²) in [6.45, 7) is 3.54. The van der Waals surface area contributed by atoms with Gasteiger partial charge in [0.25, 0.3) is 0 Å². The second-order valence-corrected chi connectivity index (χ2v) is 5.74. The fourth-order valence-corrected chi connectivity index (χ4v) is 2.84. The van der Waals surface area contributed by atoms with Gasteiger partial charge in [0.05, 0.1) is 6.42 Å². The molecule has 0 aliphatic carbocycles. The third-order valence-corrected chi connectivity index (χ3v) is 3.90. The van der Waals surface area contributed by atoms with Gasteiger partial charge in [0.15, 0.2) is 0 Å². The van der Waals surface area contributed by atoms with Gasteiger partial charge in [-0.05, 0) is 48.7 Å². The lowest BCUT2D eigenvalue weighted by Crippen LogP contribution is -2.17. The van der Waals surface area contributed by atoms with E-state index in [0.29, 0.717) is 10.6 Å². The maximum Gasteiger partial charge on any atom is 0.305 e. The molecule has 1 unspecified atom stereocenters. The quantitative estimate of drug-likeness (QED) is 0.885. The molecule has 3 N–H and O–H groups in total. The number of nitrogens with two attached hydrogens (primary N) is 1. The van der Waals surface area contributed by atoms with Gasteiger partial charge in [0.1, 0.15) is 5.82 Å². The largest absolute Gasteiger partial charge is 0.481 e. The molecule has 0 aromatic heterocycles. The molecule has 0 saturated carbocycles. The van der Waals surface area contributed by atoms with E-state index in [4.69, 9.17) is 22.4 Å². The van der Waals surface area contributed by atoms with Gasteiger partial charge in [0.2, 0.25) is 0 Å². The average molecular weight is 322 g/mol. The number of halogens is 2. The van der Waals surface area contributed by atoms with Crippen LogP contribution in [0.3, 0.4) is 0 Å². The van der Waals surface area contributed by atoms with Crippen LogP contribution in [0.2, 0.25) is 5.02 Å². The highest BCUT2D eigenvalue weighted by Gasteiger charge is 2.19. The lowest BCUT2D eigenvalue weighted by molar-refractivity contribution is -0.137. The number of hydrogen-bond donors (Lipinski definition) is 2. The first-order valence-electron chi connectivity index (χ1n) is 6.84. The Bertz CT molecular complexity index is 711. The van der Waals surface area contributed by atoms with Crippen LogP contribution in [0.1, 0.15) is 29.2 Å². The second kappa shape index (κ2) is 6.46. The lowest BCUT2D eigenvalue weighted by atomic mass is 9.93. The predicted octanol–water partition coefficient (Wildman–Crippen LogP) is 4.24. The summed E-state index contributed by atoms with van der Waals surface area (Å²) >= 11 is 6.25. The summed E-state index contributed by atoms with van der Waals surface area (Å²) in [7, 11) is 0. The highest BCUT2D eigenvalue weighted by Crippen LogP contribution is 2.34. The van der Waals surface area contributed by atoms with E-state index in [2.05, 4.69) is 0 Å². The molecule has 116 valence electrons. The number of aryl methyl sites for hydroxylation is 2. The molecule has 0 radical (unpaired) electrons. The van der Waals surface area contributed by atoms with Gasteiger partial charge in [-0.2, -0.15) is 0 Å². The van der Waals surface area contributed by atoms with Crippen molar-refractivity contribution in [1.29, 1.82) is 0 Å². The highest BCUT2D eigenvalue weighted by atomic mass is 35.5. The van der Waals surface area contributed by atoms with E-state index in [1.165, 1.54) is 0 Å². The van der Waals surface area contributed by atoms with E-state index in [9.17, 15) is 9.18 Å². The predicted molar refractivity (Wildman–Crippen MR) is 85.5 cm³/mol. The SMILES string of the molecule is Cc1cc(-c2c(C)cccc2Cl)cc(C(N)CC(=O)O)c1F. The smallest absolute Gasteiger partial charge is 0.305 e. The zero-order valence-electron chi connectivity index (χ0n) is 12.4. The van der Waals surface area contributed by atoms with Crippen LogP contribution in [-0.2, 0) is 4.79 Å². The van der Waals surface area contributed by atoms with Gasteiger partial charge in [-0.3, -0.25) is 4.79 Å². The Hall–Kier alpha value is -1.91.